The molecule has 5 heteroatoms. The molecule has 24 heavy (non-hydrogen) atoms. The maximum Gasteiger partial charge on any atom is 0.308 e. The van der Waals surface area contributed by atoms with Crippen LogP contribution in [0.4, 0.5) is 0 Å². The standard InChI is InChI=1S/C19H19N3O2/c20-16(11-18(23)24-13-14-7-3-1-4-8-14)19-21-12-17(22-19)15-9-5-2-6-10-15/h1-10,12,16H,11,13,20H2,(H,21,22). The van der Waals surface area contributed by atoms with Gasteiger partial charge in [0.15, 0.2) is 0 Å². The van der Waals surface area contributed by atoms with Crippen molar-refractivity contribution in [2.24, 2.45) is 5.73 Å². The molecule has 2 aromatic carbocycles. The zero-order chi connectivity index (χ0) is 16.8. The maximum atomic E-state index is 11.9. The van der Waals surface area contributed by atoms with Crippen molar-refractivity contribution in [2.75, 3.05) is 0 Å². The Morgan fingerprint density at radius 1 is 1.08 bits per heavy atom. The van der Waals surface area contributed by atoms with Gasteiger partial charge in [0.05, 0.1) is 24.4 Å². The van der Waals surface area contributed by atoms with Crippen molar-refractivity contribution in [1.82, 2.24) is 9.97 Å². The second-order valence-electron chi connectivity index (χ2n) is 5.51. The topological polar surface area (TPSA) is 81.0 Å². The number of nitrogens with zero attached hydrogens (tertiary/aromatic N) is 1. The number of aromatic nitrogens is 2. The van der Waals surface area contributed by atoms with Crippen LogP contribution in [0, 0.1) is 0 Å². The lowest BCUT2D eigenvalue weighted by Gasteiger charge is -2.09. The molecule has 0 amide bonds. The number of carbonyl (C=O) groups excluding carboxylic acids is 1. The van der Waals surface area contributed by atoms with Gasteiger partial charge in [-0.1, -0.05) is 60.7 Å². The number of hydrogen-bond acceptors (Lipinski definition) is 4. The van der Waals surface area contributed by atoms with Crippen LogP contribution < -0.4 is 5.73 Å². The highest BCUT2D eigenvalue weighted by atomic mass is 16.5. The molecule has 3 aromatic rings. The first kappa shape index (κ1) is 16.0. The Bertz CT molecular complexity index is 785. The molecule has 0 spiro atoms. The molecular weight excluding hydrogens is 302 g/mol. The molecule has 0 radical (unpaired) electrons. The lowest BCUT2D eigenvalue weighted by Crippen LogP contribution is -2.18. The van der Waals surface area contributed by atoms with Crippen molar-refractivity contribution < 1.29 is 9.53 Å². The van der Waals surface area contributed by atoms with E-state index >= 15 is 0 Å². The van der Waals surface area contributed by atoms with Crippen LogP contribution in [-0.2, 0) is 16.1 Å². The van der Waals surface area contributed by atoms with E-state index in [0.29, 0.717) is 5.82 Å². The Kier molecular flexibility index (Phi) is 5.03. The Labute approximate surface area is 140 Å². The molecule has 0 saturated heterocycles. The van der Waals surface area contributed by atoms with Crippen molar-refractivity contribution in [3.63, 3.8) is 0 Å². The van der Waals surface area contributed by atoms with E-state index in [-0.39, 0.29) is 19.0 Å². The minimum absolute atomic E-state index is 0.0780. The van der Waals surface area contributed by atoms with Gasteiger partial charge in [-0.15, -0.1) is 0 Å². The number of nitrogens with two attached hydrogens (primary N) is 1. The van der Waals surface area contributed by atoms with Crippen molar-refractivity contribution >= 4 is 5.97 Å². The van der Waals surface area contributed by atoms with Crippen molar-refractivity contribution in [3.05, 3.63) is 78.2 Å². The van der Waals surface area contributed by atoms with Crippen LogP contribution >= 0.6 is 0 Å². The third-order valence-corrected chi connectivity index (χ3v) is 3.66. The molecule has 0 aliphatic rings. The van der Waals surface area contributed by atoms with Crippen molar-refractivity contribution in [2.45, 2.75) is 19.1 Å². The van der Waals surface area contributed by atoms with Gasteiger partial charge < -0.3 is 15.5 Å². The third kappa shape index (κ3) is 4.08. The largest absolute Gasteiger partial charge is 0.461 e. The zero-order valence-corrected chi connectivity index (χ0v) is 13.2. The first-order valence-corrected chi connectivity index (χ1v) is 7.78. The van der Waals surface area contributed by atoms with Crippen LogP contribution in [0.5, 0.6) is 0 Å². The van der Waals surface area contributed by atoms with E-state index in [9.17, 15) is 4.79 Å². The molecule has 0 aliphatic heterocycles. The SMILES string of the molecule is NC(CC(=O)OCc1ccccc1)c1ncc(-c2ccccc2)[nH]1. The molecule has 3 N–H and O–H groups in total. The van der Waals surface area contributed by atoms with Crippen molar-refractivity contribution in [3.8, 4) is 11.3 Å². The summed E-state index contributed by atoms with van der Waals surface area (Å²) < 4.78 is 5.25. The highest BCUT2D eigenvalue weighted by Crippen LogP contribution is 2.19. The fourth-order valence-corrected chi connectivity index (χ4v) is 2.36. The molecule has 1 unspecified atom stereocenters. The zero-order valence-electron chi connectivity index (χ0n) is 13.2. The van der Waals surface area contributed by atoms with Gasteiger partial charge in [-0.2, -0.15) is 0 Å². The summed E-state index contributed by atoms with van der Waals surface area (Å²) in [4.78, 5) is 19.4. The smallest absolute Gasteiger partial charge is 0.308 e. The van der Waals surface area contributed by atoms with E-state index in [4.69, 9.17) is 10.5 Å². The number of hydrogen-bond donors (Lipinski definition) is 2. The molecule has 3 rings (SSSR count). The van der Waals surface area contributed by atoms with Gasteiger partial charge >= 0.3 is 5.97 Å². The average molecular weight is 321 g/mol. The Hall–Kier alpha value is -2.92. The monoisotopic (exact) mass is 321 g/mol. The van der Waals surface area contributed by atoms with Gasteiger partial charge in [0.25, 0.3) is 0 Å². The van der Waals surface area contributed by atoms with E-state index in [1.807, 2.05) is 60.7 Å². The Balaban J connectivity index is 1.56. The van der Waals surface area contributed by atoms with Gasteiger partial charge in [-0.05, 0) is 11.1 Å². The fourth-order valence-electron chi connectivity index (χ4n) is 2.36. The molecular formula is C19H19N3O2. The first-order valence-electron chi connectivity index (χ1n) is 7.78. The quantitative estimate of drug-likeness (QED) is 0.683. The average Bonchev–Trinajstić information content (AvgIpc) is 3.12. The minimum atomic E-state index is -0.522. The van der Waals surface area contributed by atoms with Gasteiger partial charge in [-0.3, -0.25) is 4.79 Å². The molecule has 122 valence electrons. The van der Waals surface area contributed by atoms with Crippen LogP contribution in [0.1, 0.15) is 23.9 Å². The number of ether oxygens (including phenoxy) is 1. The predicted molar refractivity (Wildman–Crippen MR) is 91.8 cm³/mol. The summed E-state index contributed by atoms with van der Waals surface area (Å²) in [7, 11) is 0. The van der Waals surface area contributed by atoms with E-state index < -0.39 is 6.04 Å². The van der Waals surface area contributed by atoms with Gasteiger partial charge in [-0.25, -0.2) is 4.98 Å². The Morgan fingerprint density at radius 3 is 2.46 bits per heavy atom. The van der Waals surface area contributed by atoms with Gasteiger partial charge in [0.2, 0.25) is 0 Å². The van der Waals surface area contributed by atoms with Crippen LogP contribution in [0.25, 0.3) is 11.3 Å². The van der Waals surface area contributed by atoms with E-state index in [1.165, 1.54) is 0 Å². The van der Waals surface area contributed by atoms with Gasteiger partial charge in [0, 0.05) is 0 Å². The summed E-state index contributed by atoms with van der Waals surface area (Å²) in [6.07, 6.45) is 1.80. The molecule has 0 aliphatic carbocycles. The van der Waals surface area contributed by atoms with Crippen LogP contribution in [-0.4, -0.2) is 15.9 Å². The van der Waals surface area contributed by atoms with Crippen LogP contribution in [0.3, 0.4) is 0 Å². The van der Waals surface area contributed by atoms with E-state index in [1.54, 1.807) is 6.20 Å². The minimum Gasteiger partial charge on any atom is -0.461 e. The molecule has 1 atom stereocenters. The molecule has 0 fully saturated rings. The lowest BCUT2D eigenvalue weighted by molar-refractivity contribution is -0.145. The highest BCUT2D eigenvalue weighted by Gasteiger charge is 2.16. The molecule has 1 aromatic heterocycles. The second-order valence-corrected chi connectivity index (χ2v) is 5.51. The van der Waals surface area contributed by atoms with E-state index in [0.717, 1.165) is 16.8 Å². The molecule has 0 bridgehead atoms. The number of carbonyl (C=O) groups is 1. The molecule has 5 nitrogen and oxygen atoms in total. The van der Waals surface area contributed by atoms with Crippen LogP contribution in [0.2, 0.25) is 0 Å². The Morgan fingerprint density at radius 2 is 1.75 bits per heavy atom. The second kappa shape index (κ2) is 7.57. The molecule has 0 saturated carbocycles. The fraction of sp³-hybridized carbons (Fsp3) is 0.158. The number of nitrogens with one attached hydrogen (secondary N) is 1. The number of esters is 1. The van der Waals surface area contributed by atoms with Gasteiger partial charge in [0.1, 0.15) is 12.4 Å². The van der Waals surface area contributed by atoms with Crippen molar-refractivity contribution in [1.29, 1.82) is 0 Å². The first-order chi connectivity index (χ1) is 11.7. The lowest BCUT2D eigenvalue weighted by atomic mass is 10.2. The predicted octanol–water partition coefficient (Wildman–Crippen LogP) is 3.21. The maximum absolute atomic E-state index is 11.9. The number of aromatic amines is 1. The normalized spacial score (nSPS) is 11.9. The number of imidazole rings is 1. The number of H-pyrrole nitrogens is 1. The third-order valence-electron chi connectivity index (χ3n) is 3.66. The highest BCUT2D eigenvalue weighted by molar-refractivity contribution is 5.70. The summed E-state index contributed by atoms with van der Waals surface area (Å²) in [5.74, 6) is 0.231. The summed E-state index contributed by atoms with van der Waals surface area (Å²) in [5, 5.41) is 0. The summed E-state index contributed by atoms with van der Waals surface area (Å²) >= 11 is 0. The summed E-state index contributed by atoms with van der Waals surface area (Å²) in [6.45, 7) is 0.250. The number of benzene rings is 2. The molecule has 1 heterocycles. The summed E-state index contributed by atoms with van der Waals surface area (Å²) in [5.41, 5.74) is 8.91. The van der Waals surface area contributed by atoms with E-state index in [2.05, 4.69) is 9.97 Å². The summed E-state index contributed by atoms with van der Waals surface area (Å²) in [6, 6.07) is 18.9. The van der Waals surface area contributed by atoms with Crippen LogP contribution in [0.15, 0.2) is 66.9 Å². The number of rotatable bonds is 6.